The van der Waals surface area contributed by atoms with Crippen molar-refractivity contribution in [2.75, 3.05) is 38.8 Å². The van der Waals surface area contributed by atoms with E-state index >= 15 is 0 Å². The molecule has 176 valence electrons. The molecular weight excluding hydrogens is 460 g/mol. The van der Waals surface area contributed by atoms with Crippen LogP contribution in [0.4, 0.5) is 5.13 Å². The summed E-state index contributed by atoms with van der Waals surface area (Å²) in [6.45, 7) is 3.86. The van der Waals surface area contributed by atoms with Crippen molar-refractivity contribution in [3.63, 3.8) is 0 Å². The molecule has 33 heavy (non-hydrogen) atoms. The lowest BCUT2D eigenvalue weighted by Gasteiger charge is -2.31. The van der Waals surface area contributed by atoms with Crippen molar-refractivity contribution in [1.82, 2.24) is 4.98 Å². The molecule has 0 atom stereocenters. The molecule has 0 spiro atoms. The van der Waals surface area contributed by atoms with Gasteiger partial charge in [-0.2, -0.15) is 0 Å². The van der Waals surface area contributed by atoms with Crippen LogP contribution in [-0.4, -0.2) is 52.6 Å². The highest BCUT2D eigenvalue weighted by Gasteiger charge is 2.34. The van der Waals surface area contributed by atoms with Crippen LogP contribution in [0.15, 0.2) is 52.7 Å². The summed E-state index contributed by atoms with van der Waals surface area (Å²) < 4.78 is 42.8. The molecule has 2 aromatic carbocycles. The van der Waals surface area contributed by atoms with Crippen LogP contribution in [0, 0.1) is 0 Å². The molecule has 0 saturated carbocycles. The second-order valence-electron chi connectivity index (χ2n) is 7.72. The molecule has 1 aromatic heterocycles. The van der Waals surface area contributed by atoms with E-state index in [2.05, 4.69) is 4.90 Å². The fourth-order valence-electron chi connectivity index (χ4n) is 3.97. The summed E-state index contributed by atoms with van der Waals surface area (Å²) in [7, 11) is -0.550. The number of nitrogens with zero attached hydrogens (tertiary/aromatic N) is 2. The van der Waals surface area contributed by atoms with Gasteiger partial charge in [0.15, 0.2) is 15.0 Å². The minimum Gasteiger partial charge on any atom is -0.497 e. The Morgan fingerprint density at radius 3 is 2.36 bits per heavy atom. The number of thiazole rings is 1. The Morgan fingerprint density at radius 1 is 1.03 bits per heavy atom. The highest BCUT2D eigenvalue weighted by Crippen LogP contribution is 2.35. The standard InChI is InChI=1S/C24H28N2O5S2/c1-4-31-18-7-5-17(6-8-18)21-16-32-24(25-21)26-13-11-20(12-14-26)33(27,28)23-15-19(29-2)9-10-22(23)30-3/h5-10,15-16,20H,4,11-14H2,1-3H3. The molecule has 0 radical (unpaired) electrons. The number of benzene rings is 2. The zero-order chi connectivity index (χ0) is 23.4. The molecule has 0 N–H and O–H groups in total. The minimum absolute atomic E-state index is 0.190. The van der Waals surface area contributed by atoms with Crippen molar-refractivity contribution in [1.29, 1.82) is 0 Å². The van der Waals surface area contributed by atoms with Gasteiger partial charge in [0, 0.05) is 30.1 Å². The van der Waals surface area contributed by atoms with Crippen molar-refractivity contribution < 1.29 is 22.6 Å². The molecule has 0 bridgehead atoms. The molecule has 9 heteroatoms. The molecule has 1 aliphatic heterocycles. The van der Waals surface area contributed by atoms with Gasteiger partial charge in [0.1, 0.15) is 22.1 Å². The number of rotatable bonds is 8. The maximum atomic E-state index is 13.4. The molecule has 2 heterocycles. The van der Waals surface area contributed by atoms with Crippen LogP contribution in [0.2, 0.25) is 0 Å². The van der Waals surface area contributed by atoms with Gasteiger partial charge in [0.2, 0.25) is 0 Å². The van der Waals surface area contributed by atoms with Crippen LogP contribution in [0.1, 0.15) is 19.8 Å². The number of aromatic nitrogens is 1. The van der Waals surface area contributed by atoms with Crippen LogP contribution in [0.5, 0.6) is 17.2 Å². The van der Waals surface area contributed by atoms with Gasteiger partial charge < -0.3 is 19.1 Å². The predicted octanol–water partition coefficient (Wildman–Crippen LogP) is 4.67. The van der Waals surface area contributed by atoms with Crippen LogP contribution < -0.4 is 19.1 Å². The van der Waals surface area contributed by atoms with E-state index in [0.717, 1.165) is 22.1 Å². The zero-order valence-electron chi connectivity index (χ0n) is 19.0. The number of anilines is 1. The molecule has 7 nitrogen and oxygen atoms in total. The van der Waals surface area contributed by atoms with Crippen LogP contribution in [-0.2, 0) is 9.84 Å². The topological polar surface area (TPSA) is 78.0 Å². The second-order valence-corrected chi connectivity index (χ2v) is 10.8. The molecule has 0 amide bonds. The predicted molar refractivity (Wildman–Crippen MR) is 131 cm³/mol. The highest BCUT2D eigenvalue weighted by atomic mass is 32.2. The average molecular weight is 489 g/mol. The lowest BCUT2D eigenvalue weighted by Crippen LogP contribution is -2.39. The Labute approximate surface area is 198 Å². The van der Waals surface area contributed by atoms with Crippen LogP contribution >= 0.6 is 11.3 Å². The van der Waals surface area contributed by atoms with Crippen molar-refractivity contribution in [2.24, 2.45) is 0 Å². The van der Waals surface area contributed by atoms with E-state index in [1.165, 1.54) is 14.2 Å². The smallest absolute Gasteiger partial charge is 0.185 e. The first-order valence-corrected chi connectivity index (χ1v) is 13.3. The molecule has 0 unspecified atom stereocenters. The summed E-state index contributed by atoms with van der Waals surface area (Å²) in [5.74, 6) is 1.68. The van der Waals surface area contributed by atoms with Gasteiger partial charge in [-0.25, -0.2) is 13.4 Å². The van der Waals surface area contributed by atoms with Crippen molar-refractivity contribution in [3.05, 3.63) is 47.8 Å². The largest absolute Gasteiger partial charge is 0.497 e. The summed E-state index contributed by atoms with van der Waals surface area (Å²) in [5, 5.41) is 2.48. The minimum atomic E-state index is -3.55. The molecule has 4 rings (SSSR count). The van der Waals surface area contributed by atoms with Gasteiger partial charge in [0.25, 0.3) is 0 Å². The van der Waals surface area contributed by atoms with E-state index in [0.29, 0.717) is 44.0 Å². The lowest BCUT2D eigenvalue weighted by molar-refractivity contribution is 0.340. The van der Waals surface area contributed by atoms with Crippen molar-refractivity contribution >= 4 is 26.3 Å². The van der Waals surface area contributed by atoms with Crippen LogP contribution in [0.3, 0.4) is 0 Å². The fraction of sp³-hybridized carbons (Fsp3) is 0.375. The van der Waals surface area contributed by atoms with Crippen LogP contribution in [0.25, 0.3) is 11.3 Å². The normalized spacial score (nSPS) is 14.8. The van der Waals surface area contributed by atoms with E-state index in [-0.39, 0.29) is 4.90 Å². The quantitative estimate of drug-likeness (QED) is 0.456. The number of hydrogen-bond acceptors (Lipinski definition) is 8. The summed E-state index contributed by atoms with van der Waals surface area (Å²) in [5.41, 5.74) is 1.94. The van der Waals surface area contributed by atoms with Crippen molar-refractivity contribution in [2.45, 2.75) is 29.9 Å². The molecule has 1 aliphatic rings. The maximum absolute atomic E-state index is 13.4. The third kappa shape index (κ3) is 4.94. The lowest BCUT2D eigenvalue weighted by atomic mass is 10.1. The van der Waals surface area contributed by atoms with Crippen molar-refractivity contribution in [3.8, 4) is 28.5 Å². The Morgan fingerprint density at radius 2 is 1.73 bits per heavy atom. The maximum Gasteiger partial charge on any atom is 0.185 e. The highest BCUT2D eigenvalue weighted by molar-refractivity contribution is 7.92. The molecular formula is C24H28N2O5S2. The number of hydrogen-bond donors (Lipinski definition) is 0. The Hall–Kier alpha value is -2.78. The molecule has 0 aliphatic carbocycles. The number of methoxy groups -OCH3 is 2. The van der Waals surface area contributed by atoms with Gasteiger partial charge in [-0.1, -0.05) is 0 Å². The number of piperidine rings is 1. The van der Waals surface area contributed by atoms with Gasteiger partial charge in [0.05, 0.1) is 31.8 Å². The van der Waals surface area contributed by atoms with Gasteiger partial charge >= 0.3 is 0 Å². The van der Waals surface area contributed by atoms with E-state index in [1.807, 2.05) is 36.6 Å². The van der Waals surface area contributed by atoms with Gasteiger partial charge in [-0.3, -0.25) is 0 Å². The second kappa shape index (κ2) is 10.0. The van der Waals surface area contributed by atoms with E-state index in [9.17, 15) is 8.42 Å². The van der Waals surface area contributed by atoms with Gasteiger partial charge in [-0.05, 0) is 56.2 Å². The fourth-order valence-corrected chi connectivity index (χ4v) is 6.77. The van der Waals surface area contributed by atoms with E-state index in [1.54, 1.807) is 29.5 Å². The van der Waals surface area contributed by atoms with E-state index < -0.39 is 15.1 Å². The number of ether oxygens (including phenoxy) is 3. The Balaban J connectivity index is 1.45. The Bertz CT molecular complexity index is 1180. The first-order valence-electron chi connectivity index (χ1n) is 10.9. The summed E-state index contributed by atoms with van der Waals surface area (Å²) in [4.78, 5) is 7.15. The number of sulfone groups is 1. The Kier molecular flexibility index (Phi) is 7.09. The molecule has 1 fully saturated rings. The third-order valence-electron chi connectivity index (χ3n) is 5.78. The van der Waals surface area contributed by atoms with E-state index in [4.69, 9.17) is 19.2 Å². The first-order chi connectivity index (χ1) is 16.0. The van der Waals surface area contributed by atoms with Gasteiger partial charge in [-0.15, -0.1) is 11.3 Å². The first kappa shape index (κ1) is 23.4. The zero-order valence-corrected chi connectivity index (χ0v) is 20.6. The summed E-state index contributed by atoms with van der Waals surface area (Å²) in [6.07, 6.45) is 1.06. The molecule has 1 saturated heterocycles. The monoisotopic (exact) mass is 488 g/mol. The SMILES string of the molecule is CCOc1ccc(-c2csc(N3CCC(S(=O)(=O)c4cc(OC)ccc4OC)CC3)n2)cc1. The summed E-state index contributed by atoms with van der Waals surface area (Å²) >= 11 is 1.58. The summed E-state index contributed by atoms with van der Waals surface area (Å²) in [6, 6.07) is 12.8. The molecule has 3 aromatic rings. The third-order valence-corrected chi connectivity index (χ3v) is 8.96. The average Bonchev–Trinajstić information content (AvgIpc) is 3.35.